The summed E-state index contributed by atoms with van der Waals surface area (Å²) in [6, 6.07) is 10.4. The molecule has 0 fully saturated rings. The number of anilines is 2. The van der Waals surface area contributed by atoms with Gasteiger partial charge < -0.3 is 5.32 Å². The summed E-state index contributed by atoms with van der Waals surface area (Å²) in [5, 5.41) is 14.0. The molecule has 5 nitrogen and oxygen atoms in total. The molecule has 20 heavy (non-hydrogen) atoms. The van der Waals surface area contributed by atoms with Crippen molar-refractivity contribution < 1.29 is 4.92 Å². The molecule has 0 saturated carbocycles. The van der Waals surface area contributed by atoms with Gasteiger partial charge in [-0.1, -0.05) is 43.1 Å². The van der Waals surface area contributed by atoms with Crippen LogP contribution in [0.1, 0.15) is 18.9 Å². The summed E-state index contributed by atoms with van der Waals surface area (Å²) < 4.78 is 0. The first kappa shape index (κ1) is 14.3. The Morgan fingerprint density at radius 1 is 1.35 bits per heavy atom. The number of aryl methyl sites for hydroxylation is 1. The van der Waals surface area contributed by atoms with E-state index in [0.29, 0.717) is 5.82 Å². The molecule has 0 saturated heterocycles. The van der Waals surface area contributed by atoms with Gasteiger partial charge in [-0.05, 0) is 18.1 Å². The lowest BCUT2D eigenvalue weighted by Crippen LogP contribution is -1.99. The van der Waals surface area contributed by atoms with E-state index >= 15 is 0 Å². The van der Waals surface area contributed by atoms with Crippen LogP contribution >= 0.6 is 11.6 Å². The Morgan fingerprint density at radius 2 is 2.10 bits per heavy atom. The normalized spacial score (nSPS) is 10.3. The highest BCUT2D eigenvalue weighted by atomic mass is 35.5. The van der Waals surface area contributed by atoms with E-state index in [2.05, 4.69) is 17.2 Å². The number of benzene rings is 1. The molecule has 0 spiro atoms. The van der Waals surface area contributed by atoms with E-state index in [1.807, 2.05) is 24.3 Å². The highest BCUT2D eigenvalue weighted by molar-refractivity contribution is 6.29. The van der Waals surface area contributed by atoms with Crippen LogP contribution < -0.4 is 5.32 Å². The van der Waals surface area contributed by atoms with Gasteiger partial charge in [0.15, 0.2) is 0 Å². The molecule has 1 heterocycles. The van der Waals surface area contributed by atoms with Gasteiger partial charge in [-0.3, -0.25) is 10.1 Å². The number of nitro groups is 1. The first-order valence-electron chi connectivity index (χ1n) is 6.27. The topological polar surface area (TPSA) is 68.1 Å². The average molecular weight is 292 g/mol. The van der Waals surface area contributed by atoms with Crippen molar-refractivity contribution in [2.24, 2.45) is 0 Å². The van der Waals surface area contributed by atoms with Gasteiger partial charge in [0.2, 0.25) is 0 Å². The number of hydrogen-bond donors (Lipinski definition) is 1. The maximum atomic E-state index is 10.8. The lowest BCUT2D eigenvalue weighted by molar-refractivity contribution is -0.384. The SMILES string of the molecule is CCCc1ccccc1Nc1cc([N+](=O)[O-])cc(Cl)n1. The number of halogens is 1. The smallest absolute Gasteiger partial charge is 0.276 e. The molecule has 2 rings (SSSR count). The van der Waals surface area contributed by atoms with E-state index < -0.39 is 4.92 Å². The highest BCUT2D eigenvalue weighted by Crippen LogP contribution is 2.25. The van der Waals surface area contributed by atoms with E-state index in [1.54, 1.807) is 0 Å². The van der Waals surface area contributed by atoms with E-state index in [9.17, 15) is 10.1 Å². The van der Waals surface area contributed by atoms with Crippen molar-refractivity contribution >= 4 is 28.8 Å². The summed E-state index contributed by atoms with van der Waals surface area (Å²) in [4.78, 5) is 14.4. The van der Waals surface area contributed by atoms with Crippen LogP contribution in [0.15, 0.2) is 36.4 Å². The molecule has 0 amide bonds. The fourth-order valence-electron chi connectivity index (χ4n) is 1.92. The molecule has 0 bridgehead atoms. The van der Waals surface area contributed by atoms with Crippen LogP contribution in [0, 0.1) is 10.1 Å². The molecule has 0 aliphatic heterocycles. The van der Waals surface area contributed by atoms with Crippen molar-refractivity contribution in [2.45, 2.75) is 19.8 Å². The van der Waals surface area contributed by atoms with E-state index in [0.717, 1.165) is 24.1 Å². The van der Waals surface area contributed by atoms with Crippen LogP contribution in [0.5, 0.6) is 0 Å². The van der Waals surface area contributed by atoms with Gasteiger partial charge in [0, 0.05) is 5.69 Å². The number of rotatable bonds is 5. The third-order valence-electron chi connectivity index (χ3n) is 2.79. The number of pyridine rings is 1. The second-order valence-corrected chi connectivity index (χ2v) is 4.71. The van der Waals surface area contributed by atoms with Crippen molar-refractivity contribution in [2.75, 3.05) is 5.32 Å². The van der Waals surface area contributed by atoms with Gasteiger partial charge in [-0.2, -0.15) is 0 Å². The zero-order valence-corrected chi connectivity index (χ0v) is 11.7. The van der Waals surface area contributed by atoms with Crippen LogP contribution in [0.25, 0.3) is 0 Å². The molecule has 0 atom stereocenters. The molecule has 1 aromatic heterocycles. The Morgan fingerprint density at radius 3 is 2.80 bits per heavy atom. The molecule has 0 unspecified atom stereocenters. The fourth-order valence-corrected chi connectivity index (χ4v) is 2.12. The van der Waals surface area contributed by atoms with Crippen molar-refractivity contribution in [3.05, 3.63) is 57.2 Å². The first-order valence-corrected chi connectivity index (χ1v) is 6.65. The minimum Gasteiger partial charge on any atom is -0.340 e. The van der Waals surface area contributed by atoms with Crippen molar-refractivity contribution in [3.63, 3.8) is 0 Å². The number of nitrogens with zero attached hydrogens (tertiary/aromatic N) is 2. The van der Waals surface area contributed by atoms with Gasteiger partial charge in [-0.25, -0.2) is 4.98 Å². The molecule has 1 N–H and O–H groups in total. The molecule has 1 aromatic carbocycles. The van der Waals surface area contributed by atoms with Gasteiger partial charge in [-0.15, -0.1) is 0 Å². The van der Waals surface area contributed by atoms with Crippen molar-refractivity contribution in [3.8, 4) is 0 Å². The second-order valence-electron chi connectivity index (χ2n) is 4.32. The average Bonchev–Trinajstić information content (AvgIpc) is 2.40. The Hall–Kier alpha value is -2.14. The minimum atomic E-state index is -0.489. The lowest BCUT2D eigenvalue weighted by atomic mass is 10.1. The van der Waals surface area contributed by atoms with Gasteiger partial charge >= 0.3 is 0 Å². The zero-order valence-electron chi connectivity index (χ0n) is 11.0. The Kier molecular flexibility index (Phi) is 4.53. The van der Waals surface area contributed by atoms with Gasteiger partial charge in [0.1, 0.15) is 11.0 Å². The summed E-state index contributed by atoms with van der Waals surface area (Å²) in [6.07, 6.45) is 1.94. The monoisotopic (exact) mass is 291 g/mol. The molecule has 6 heteroatoms. The molecule has 0 radical (unpaired) electrons. The fraction of sp³-hybridized carbons (Fsp3) is 0.214. The van der Waals surface area contributed by atoms with Crippen molar-refractivity contribution in [1.82, 2.24) is 4.98 Å². The predicted octanol–water partition coefficient (Wildman–Crippen LogP) is 4.34. The number of nitrogens with one attached hydrogen (secondary N) is 1. The number of para-hydroxylation sites is 1. The van der Waals surface area contributed by atoms with E-state index in [1.165, 1.54) is 12.1 Å². The summed E-state index contributed by atoms with van der Waals surface area (Å²) in [6.45, 7) is 2.10. The molecule has 2 aromatic rings. The summed E-state index contributed by atoms with van der Waals surface area (Å²) in [5.41, 5.74) is 1.94. The number of hydrogen-bond acceptors (Lipinski definition) is 4. The molecular formula is C14H14ClN3O2. The lowest BCUT2D eigenvalue weighted by Gasteiger charge is -2.10. The minimum absolute atomic E-state index is 0.0829. The maximum Gasteiger partial charge on any atom is 0.276 e. The molecular weight excluding hydrogens is 278 g/mol. The summed E-state index contributed by atoms with van der Waals surface area (Å²) in [5.74, 6) is 0.368. The van der Waals surface area contributed by atoms with E-state index in [-0.39, 0.29) is 10.8 Å². The van der Waals surface area contributed by atoms with Crippen LogP contribution in [0.4, 0.5) is 17.2 Å². The maximum absolute atomic E-state index is 10.8. The third kappa shape index (κ3) is 3.45. The molecule has 0 aliphatic carbocycles. The molecule has 0 aliphatic rings. The number of aromatic nitrogens is 1. The van der Waals surface area contributed by atoms with Gasteiger partial charge in [0.05, 0.1) is 17.1 Å². The van der Waals surface area contributed by atoms with Crippen LogP contribution in [0.3, 0.4) is 0 Å². The van der Waals surface area contributed by atoms with Crippen LogP contribution in [-0.4, -0.2) is 9.91 Å². The Balaban J connectivity index is 2.32. The Labute approximate surface area is 121 Å². The Bertz CT molecular complexity index is 632. The highest BCUT2D eigenvalue weighted by Gasteiger charge is 2.11. The standard InChI is InChI=1S/C14H14ClN3O2/c1-2-5-10-6-3-4-7-12(10)16-14-9-11(18(19)20)8-13(15)17-14/h3-4,6-9H,2,5H2,1H3,(H,16,17). The van der Waals surface area contributed by atoms with Crippen LogP contribution in [0.2, 0.25) is 5.15 Å². The van der Waals surface area contributed by atoms with Crippen molar-refractivity contribution in [1.29, 1.82) is 0 Å². The second kappa shape index (κ2) is 6.34. The largest absolute Gasteiger partial charge is 0.340 e. The quantitative estimate of drug-likeness (QED) is 0.505. The van der Waals surface area contributed by atoms with Crippen LogP contribution in [-0.2, 0) is 6.42 Å². The van der Waals surface area contributed by atoms with E-state index in [4.69, 9.17) is 11.6 Å². The third-order valence-corrected chi connectivity index (χ3v) is 2.98. The zero-order chi connectivity index (χ0) is 14.5. The predicted molar refractivity (Wildman–Crippen MR) is 79.6 cm³/mol. The summed E-state index contributed by atoms with van der Waals surface area (Å²) >= 11 is 5.81. The summed E-state index contributed by atoms with van der Waals surface area (Å²) in [7, 11) is 0. The first-order chi connectivity index (χ1) is 9.60. The van der Waals surface area contributed by atoms with Gasteiger partial charge in [0.25, 0.3) is 5.69 Å². The molecule has 104 valence electrons.